The first-order valence-electron chi connectivity index (χ1n) is 17.0. The van der Waals surface area contributed by atoms with Crippen molar-refractivity contribution in [3.05, 3.63) is 54.2 Å². The van der Waals surface area contributed by atoms with Gasteiger partial charge in [0, 0.05) is 58.6 Å². The molecular weight excluding hydrogens is 602 g/mol. The lowest BCUT2D eigenvalue weighted by molar-refractivity contribution is -0.121. The number of aliphatic hydroxyl groups excluding tert-OH is 3. The quantitative estimate of drug-likeness (QED) is 0.0818. The summed E-state index contributed by atoms with van der Waals surface area (Å²) in [5.74, 6) is 1.89. The average Bonchev–Trinajstić information content (AvgIpc) is 3.09. The number of pyridine rings is 1. The minimum Gasteiger partial charge on any atom is -0.497 e. The monoisotopic (exact) mass is 661 g/mol. The van der Waals surface area contributed by atoms with Crippen molar-refractivity contribution in [1.29, 1.82) is 0 Å². The Balaban J connectivity index is 1.45. The molecule has 5 N–H and O–H groups in total. The van der Waals surface area contributed by atoms with Gasteiger partial charge in [0.1, 0.15) is 17.7 Å². The summed E-state index contributed by atoms with van der Waals surface area (Å²) in [6.45, 7) is 6.45. The molecule has 2 aromatic rings. The largest absolute Gasteiger partial charge is 0.497 e. The molecule has 1 aromatic carbocycles. The molecule has 2 atom stereocenters. The molecule has 266 valence electrons. The third-order valence-electron chi connectivity index (χ3n) is 7.59. The summed E-state index contributed by atoms with van der Waals surface area (Å²) in [4.78, 5) is 21.4. The maximum absolute atomic E-state index is 12.2. The number of aliphatic hydroxyl groups is 3. The maximum Gasteiger partial charge on any atom is 0.220 e. The number of anilines is 1. The van der Waals surface area contributed by atoms with Crippen LogP contribution in [0.2, 0.25) is 0 Å². The summed E-state index contributed by atoms with van der Waals surface area (Å²) in [7, 11) is 3.83. The van der Waals surface area contributed by atoms with Crippen LogP contribution in [-0.4, -0.2) is 130 Å². The number of likely N-dealkylation sites (N-methyl/N-ethyl adjacent to an activating group) is 1. The highest BCUT2D eigenvalue weighted by Crippen LogP contribution is 2.17. The molecule has 0 radical (unpaired) electrons. The molecule has 0 aliphatic carbocycles. The molecule has 1 heterocycles. The van der Waals surface area contributed by atoms with Crippen LogP contribution in [0.25, 0.3) is 0 Å². The van der Waals surface area contributed by atoms with Gasteiger partial charge in [-0.15, -0.1) is 0 Å². The van der Waals surface area contributed by atoms with Gasteiger partial charge in [-0.3, -0.25) is 4.79 Å². The first kappa shape index (κ1) is 40.3. The number of aromatic nitrogens is 1. The van der Waals surface area contributed by atoms with Crippen molar-refractivity contribution in [2.45, 2.75) is 63.7 Å². The lowest BCUT2D eigenvalue weighted by Crippen LogP contribution is -2.34. The number of rotatable bonds is 29. The van der Waals surface area contributed by atoms with Crippen LogP contribution in [0.3, 0.4) is 0 Å². The molecule has 0 spiro atoms. The third-order valence-corrected chi connectivity index (χ3v) is 7.59. The molecule has 12 heteroatoms. The second-order valence-corrected chi connectivity index (χ2v) is 11.8. The van der Waals surface area contributed by atoms with Crippen LogP contribution >= 0.6 is 0 Å². The van der Waals surface area contributed by atoms with E-state index in [0.29, 0.717) is 45.7 Å². The Labute approximate surface area is 281 Å². The Hall–Kier alpha value is -2.84. The van der Waals surface area contributed by atoms with E-state index < -0.39 is 12.2 Å². The number of amides is 1. The van der Waals surface area contributed by atoms with Crippen LogP contribution in [0.1, 0.15) is 50.5 Å². The van der Waals surface area contributed by atoms with Crippen molar-refractivity contribution in [2.24, 2.45) is 0 Å². The highest BCUT2D eigenvalue weighted by atomic mass is 16.5. The summed E-state index contributed by atoms with van der Waals surface area (Å²) in [5, 5.41) is 34.1. The van der Waals surface area contributed by atoms with Crippen molar-refractivity contribution < 1.29 is 34.3 Å². The van der Waals surface area contributed by atoms with Crippen LogP contribution in [-0.2, 0) is 20.8 Å². The lowest BCUT2D eigenvalue weighted by atomic mass is 10.2. The van der Waals surface area contributed by atoms with E-state index in [1.807, 2.05) is 30.5 Å². The van der Waals surface area contributed by atoms with Gasteiger partial charge in [0.15, 0.2) is 0 Å². The molecule has 1 aromatic heterocycles. The minimum atomic E-state index is -0.831. The van der Waals surface area contributed by atoms with Gasteiger partial charge in [-0.2, -0.15) is 0 Å². The van der Waals surface area contributed by atoms with Crippen molar-refractivity contribution >= 4 is 11.7 Å². The first-order chi connectivity index (χ1) is 22.9. The molecule has 0 bridgehead atoms. The highest BCUT2D eigenvalue weighted by Gasteiger charge is 2.11. The molecule has 0 fully saturated rings. The molecule has 0 saturated carbocycles. The zero-order chi connectivity index (χ0) is 34.0. The Kier molecular flexibility index (Phi) is 22.4. The van der Waals surface area contributed by atoms with Crippen LogP contribution < -0.4 is 20.3 Å². The predicted molar refractivity (Wildman–Crippen MR) is 185 cm³/mol. The SMILES string of the molecule is COc1ccc(CN(CCN(C)CCCCCNC(=O)CCCNCC(O)COCCCCOCC(O)CO)c2ccccn2)cc1. The Morgan fingerprint density at radius 3 is 2.30 bits per heavy atom. The van der Waals surface area contributed by atoms with Crippen molar-refractivity contribution in [3.8, 4) is 5.75 Å². The van der Waals surface area contributed by atoms with Gasteiger partial charge in [-0.25, -0.2) is 4.98 Å². The molecule has 0 aliphatic rings. The third kappa shape index (κ3) is 20.2. The van der Waals surface area contributed by atoms with Crippen molar-refractivity contribution in [3.63, 3.8) is 0 Å². The van der Waals surface area contributed by atoms with E-state index in [0.717, 1.165) is 69.9 Å². The maximum atomic E-state index is 12.2. The van der Waals surface area contributed by atoms with E-state index in [9.17, 15) is 15.0 Å². The van der Waals surface area contributed by atoms with Crippen molar-refractivity contribution in [1.82, 2.24) is 20.5 Å². The number of methoxy groups -OCH3 is 1. The number of nitrogens with one attached hydrogen (secondary N) is 2. The average molecular weight is 662 g/mol. The van der Waals surface area contributed by atoms with Gasteiger partial charge in [0.25, 0.3) is 0 Å². The Morgan fingerprint density at radius 2 is 1.62 bits per heavy atom. The van der Waals surface area contributed by atoms with Gasteiger partial charge in [0.2, 0.25) is 5.91 Å². The topological polar surface area (TPSA) is 149 Å². The van der Waals surface area contributed by atoms with Crippen LogP contribution in [0.15, 0.2) is 48.7 Å². The second-order valence-electron chi connectivity index (χ2n) is 11.8. The molecule has 2 rings (SSSR count). The smallest absolute Gasteiger partial charge is 0.220 e. The van der Waals surface area contributed by atoms with Crippen molar-refractivity contribution in [2.75, 3.05) is 91.4 Å². The van der Waals surface area contributed by atoms with E-state index in [2.05, 4.69) is 50.7 Å². The summed E-state index contributed by atoms with van der Waals surface area (Å²) in [6, 6.07) is 14.2. The van der Waals surface area contributed by atoms with E-state index >= 15 is 0 Å². The molecule has 1 amide bonds. The number of benzene rings is 1. The minimum absolute atomic E-state index is 0.0640. The Bertz CT molecular complexity index is 1030. The van der Waals surface area contributed by atoms with Gasteiger partial charge in [-0.1, -0.05) is 24.6 Å². The van der Waals surface area contributed by atoms with Gasteiger partial charge < -0.3 is 50.0 Å². The number of ether oxygens (including phenoxy) is 3. The number of nitrogens with zero attached hydrogens (tertiary/aromatic N) is 3. The normalized spacial score (nSPS) is 12.6. The number of unbranched alkanes of at least 4 members (excludes halogenated alkanes) is 3. The summed E-state index contributed by atoms with van der Waals surface area (Å²) in [6.07, 6.45) is 6.25. The Morgan fingerprint density at radius 1 is 0.872 bits per heavy atom. The van der Waals surface area contributed by atoms with Gasteiger partial charge in [0.05, 0.1) is 33.0 Å². The van der Waals surface area contributed by atoms with Gasteiger partial charge >= 0.3 is 0 Å². The van der Waals surface area contributed by atoms with Crippen LogP contribution in [0.4, 0.5) is 5.82 Å². The lowest BCUT2D eigenvalue weighted by Gasteiger charge is -2.27. The second kappa shape index (κ2) is 26.2. The summed E-state index contributed by atoms with van der Waals surface area (Å²) >= 11 is 0. The fraction of sp³-hybridized carbons (Fsp3) is 0.657. The molecule has 2 unspecified atom stereocenters. The number of carbonyl (C=O) groups excluding carboxylic acids is 1. The number of hydrogen-bond acceptors (Lipinski definition) is 11. The van der Waals surface area contributed by atoms with Crippen LogP contribution in [0.5, 0.6) is 5.75 Å². The first-order valence-corrected chi connectivity index (χ1v) is 17.0. The number of hydrogen-bond donors (Lipinski definition) is 5. The molecule has 0 saturated heterocycles. The van der Waals surface area contributed by atoms with Gasteiger partial charge in [-0.05, 0) is 82.1 Å². The fourth-order valence-electron chi connectivity index (χ4n) is 4.77. The molecular formula is C35H59N5O7. The zero-order valence-corrected chi connectivity index (χ0v) is 28.5. The number of carbonyl (C=O) groups is 1. The molecule has 0 aliphatic heterocycles. The summed E-state index contributed by atoms with van der Waals surface area (Å²) < 4.78 is 16.0. The van der Waals surface area contributed by atoms with E-state index in [-0.39, 0.29) is 25.7 Å². The summed E-state index contributed by atoms with van der Waals surface area (Å²) in [5.41, 5.74) is 1.21. The van der Waals surface area contributed by atoms with Crippen LogP contribution in [0, 0.1) is 0 Å². The zero-order valence-electron chi connectivity index (χ0n) is 28.5. The van der Waals surface area contributed by atoms with E-state index in [1.165, 1.54) is 5.56 Å². The van der Waals surface area contributed by atoms with E-state index in [1.54, 1.807) is 7.11 Å². The standard InChI is InChI=1S/C35H59N5O7/c1-39(21-22-40(34-11-4-6-18-37-34)26-30-13-15-33(45-2)16-14-30)20-7-3-5-19-38-35(44)12-10-17-36-25-31(42)28-46-23-8-9-24-47-29-32(43)27-41/h4,6,11,13-16,18,31-32,36,41-43H,3,5,7-10,12,17,19-29H2,1-2H3,(H,38,44). The highest BCUT2D eigenvalue weighted by molar-refractivity contribution is 5.75. The predicted octanol–water partition coefficient (Wildman–Crippen LogP) is 2.21. The van der Waals surface area contributed by atoms with E-state index in [4.69, 9.17) is 19.3 Å². The fourth-order valence-corrected chi connectivity index (χ4v) is 4.77. The molecule has 12 nitrogen and oxygen atoms in total. The molecule has 47 heavy (non-hydrogen) atoms.